The number of fused-ring (bicyclic) bond motifs is 1. The molecule has 2 aromatic rings. The van der Waals surface area contributed by atoms with Gasteiger partial charge in [-0.25, -0.2) is 14.6 Å². The van der Waals surface area contributed by atoms with Gasteiger partial charge in [0.2, 0.25) is 5.88 Å². The molecule has 0 aliphatic carbocycles. The maximum absolute atomic E-state index is 12.9. The molecule has 0 unspecified atom stereocenters. The maximum atomic E-state index is 12.9. The van der Waals surface area contributed by atoms with E-state index in [0.717, 1.165) is 18.4 Å². The van der Waals surface area contributed by atoms with Crippen LogP contribution in [0.1, 0.15) is 28.8 Å². The average molecular weight is 567 g/mol. The zero-order chi connectivity index (χ0) is 29.4. The molecule has 1 amide bonds. The Hall–Kier alpha value is -3.95. The largest absolute Gasteiger partial charge is 0.490 e. The minimum atomic E-state index is -5.08. The topological polar surface area (TPSA) is 139 Å². The maximum Gasteiger partial charge on any atom is 0.490 e. The summed E-state index contributed by atoms with van der Waals surface area (Å²) in [7, 11) is 0. The van der Waals surface area contributed by atoms with E-state index in [9.17, 15) is 31.1 Å². The van der Waals surface area contributed by atoms with E-state index in [1.165, 1.54) is 0 Å². The van der Waals surface area contributed by atoms with Crippen molar-refractivity contribution in [2.45, 2.75) is 50.4 Å². The molecule has 2 N–H and O–H groups in total. The number of hydrogen-bond acceptors (Lipinski definition) is 7. The van der Waals surface area contributed by atoms with Crippen molar-refractivity contribution >= 4 is 17.8 Å². The Morgan fingerprint density at radius 1 is 1.03 bits per heavy atom. The first-order valence-electron chi connectivity index (χ1n) is 11.1. The minimum absolute atomic E-state index is 0.0213. The Morgan fingerprint density at radius 2 is 1.64 bits per heavy atom. The number of alkyl halides is 6. The highest BCUT2D eigenvalue weighted by atomic mass is 19.4. The summed E-state index contributed by atoms with van der Waals surface area (Å²) >= 11 is 0. The number of aromatic nitrogens is 2. The lowest BCUT2D eigenvalue weighted by molar-refractivity contribution is -0.193. The number of likely N-dealkylation sites (tertiary alicyclic amines) is 1. The van der Waals surface area contributed by atoms with Crippen LogP contribution in [-0.2, 0) is 14.3 Å². The molecule has 0 spiro atoms. The number of halogens is 6. The van der Waals surface area contributed by atoms with Gasteiger partial charge in [-0.15, -0.1) is 0 Å². The summed E-state index contributed by atoms with van der Waals surface area (Å²) < 4.78 is 75.4. The summed E-state index contributed by atoms with van der Waals surface area (Å²) in [5.41, 5.74) is 1.62. The highest BCUT2D eigenvalue weighted by molar-refractivity contribution is 5.94. The fraction of sp³-hybridized carbons (Fsp3) is 0.435. The van der Waals surface area contributed by atoms with Crippen LogP contribution in [0, 0.1) is 6.92 Å². The van der Waals surface area contributed by atoms with Crippen molar-refractivity contribution in [2.75, 3.05) is 13.2 Å². The lowest BCUT2D eigenvalue weighted by atomic mass is 9.94. The quantitative estimate of drug-likeness (QED) is 0.534. The Kier molecular flexibility index (Phi) is 10.6. The van der Waals surface area contributed by atoms with Gasteiger partial charge in [-0.05, 0) is 31.0 Å². The molecule has 2 fully saturated rings. The number of carbonyl (C=O) groups is 3. The first-order chi connectivity index (χ1) is 18.1. The number of carboxylic acid groups (broad SMARTS) is 2. The Labute approximate surface area is 217 Å². The number of amides is 1. The second-order valence-electron chi connectivity index (χ2n) is 8.16. The number of aliphatic carboxylic acids is 2. The summed E-state index contributed by atoms with van der Waals surface area (Å²) in [5, 5.41) is 14.2. The molecule has 0 aromatic carbocycles. The lowest BCUT2D eigenvalue weighted by Gasteiger charge is -2.40. The second-order valence-corrected chi connectivity index (χ2v) is 8.16. The average Bonchev–Trinajstić information content (AvgIpc) is 3.35. The van der Waals surface area contributed by atoms with Crippen LogP contribution in [0.2, 0.25) is 0 Å². The number of carboxylic acids is 2. The Morgan fingerprint density at radius 3 is 2.15 bits per heavy atom. The molecule has 10 nitrogen and oxygen atoms in total. The number of aryl methyl sites for hydroxylation is 1. The molecule has 2 aromatic heterocycles. The molecule has 214 valence electrons. The van der Waals surface area contributed by atoms with Crippen molar-refractivity contribution in [2.24, 2.45) is 0 Å². The summed E-state index contributed by atoms with van der Waals surface area (Å²) in [6.07, 6.45) is -3.70. The van der Waals surface area contributed by atoms with Gasteiger partial charge in [0, 0.05) is 44.2 Å². The van der Waals surface area contributed by atoms with Crippen molar-refractivity contribution < 1.29 is 60.4 Å². The molecular weight excluding hydrogens is 544 g/mol. The highest BCUT2D eigenvalue weighted by Crippen LogP contribution is 2.32. The fourth-order valence-electron chi connectivity index (χ4n) is 3.67. The number of piperidine rings is 1. The van der Waals surface area contributed by atoms with Gasteiger partial charge in [0.15, 0.2) is 0 Å². The SMILES string of the molecule is Cc1cncc(C(=O)N2CC[C@@H](Oc3ccccn3)[C@H]3OCC[C@@H]32)c1.O=C(O)C(F)(F)F.O=C(O)C(F)(F)F. The number of pyridine rings is 2. The summed E-state index contributed by atoms with van der Waals surface area (Å²) in [6, 6.07) is 7.53. The third-order valence-corrected chi connectivity index (χ3v) is 5.30. The monoisotopic (exact) mass is 567 g/mol. The molecule has 2 aliphatic rings. The summed E-state index contributed by atoms with van der Waals surface area (Å²) in [6.45, 7) is 3.24. The Balaban J connectivity index is 0.000000317. The van der Waals surface area contributed by atoms with Crippen LogP contribution in [0.25, 0.3) is 0 Å². The molecule has 0 saturated carbocycles. The second kappa shape index (κ2) is 13.2. The zero-order valence-corrected chi connectivity index (χ0v) is 20.1. The van der Waals surface area contributed by atoms with Crippen LogP contribution in [0.15, 0.2) is 42.9 Å². The summed E-state index contributed by atoms with van der Waals surface area (Å²) in [4.78, 5) is 41.0. The van der Waals surface area contributed by atoms with Crippen LogP contribution in [0.4, 0.5) is 26.3 Å². The van der Waals surface area contributed by atoms with E-state index >= 15 is 0 Å². The van der Waals surface area contributed by atoms with Gasteiger partial charge in [0.25, 0.3) is 5.91 Å². The van der Waals surface area contributed by atoms with Crippen LogP contribution in [0.5, 0.6) is 5.88 Å². The van der Waals surface area contributed by atoms with Crippen molar-refractivity contribution in [3.05, 3.63) is 54.0 Å². The first-order valence-corrected chi connectivity index (χ1v) is 11.1. The first kappa shape index (κ1) is 31.3. The van der Waals surface area contributed by atoms with Gasteiger partial charge in [-0.3, -0.25) is 9.78 Å². The van der Waals surface area contributed by atoms with Gasteiger partial charge in [-0.2, -0.15) is 26.3 Å². The van der Waals surface area contributed by atoms with Gasteiger partial charge in [0.05, 0.1) is 11.6 Å². The molecule has 0 radical (unpaired) electrons. The molecule has 39 heavy (non-hydrogen) atoms. The van der Waals surface area contributed by atoms with Gasteiger partial charge in [-0.1, -0.05) is 6.07 Å². The molecule has 2 saturated heterocycles. The van der Waals surface area contributed by atoms with Crippen molar-refractivity contribution in [3.8, 4) is 5.88 Å². The van der Waals surface area contributed by atoms with Crippen molar-refractivity contribution in [1.29, 1.82) is 0 Å². The normalized spacial score (nSPS) is 20.4. The number of nitrogens with zero attached hydrogens (tertiary/aromatic N) is 3. The number of hydrogen-bond donors (Lipinski definition) is 2. The van der Waals surface area contributed by atoms with E-state index in [1.54, 1.807) is 18.6 Å². The predicted molar refractivity (Wildman–Crippen MR) is 119 cm³/mol. The van der Waals surface area contributed by atoms with E-state index < -0.39 is 24.3 Å². The highest BCUT2D eigenvalue weighted by Gasteiger charge is 2.45. The van der Waals surface area contributed by atoms with Gasteiger partial charge < -0.3 is 24.6 Å². The van der Waals surface area contributed by atoms with Crippen molar-refractivity contribution in [3.63, 3.8) is 0 Å². The molecule has 3 atom stereocenters. The standard InChI is InChI=1S/C19H21N3O3.2C2HF3O2/c1-13-10-14(12-20-11-13)19(23)22-8-5-16(18-15(22)6-9-24-18)25-17-4-2-3-7-21-17;2*3-2(4,5)1(6)7/h2-4,7,10-12,15-16,18H,5-6,8-9H2,1H3;2*(H,6,7)/t15-,16+,18-;;/m0../s1. The predicted octanol–water partition coefficient (Wildman–Crippen LogP) is 3.50. The number of carbonyl (C=O) groups excluding carboxylic acids is 1. The molecule has 16 heteroatoms. The minimum Gasteiger partial charge on any atom is -0.475 e. The molecule has 0 bridgehead atoms. The molecular formula is C23H23F6N3O7. The van der Waals surface area contributed by atoms with Crippen molar-refractivity contribution in [1.82, 2.24) is 14.9 Å². The van der Waals surface area contributed by atoms with Gasteiger partial charge in [0.1, 0.15) is 12.2 Å². The van der Waals surface area contributed by atoms with E-state index in [2.05, 4.69) is 9.97 Å². The third-order valence-electron chi connectivity index (χ3n) is 5.30. The van der Waals surface area contributed by atoms with E-state index in [4.69, 9.17) is 29.3 Å². The van der Waals surface area contributed by atoms with Crippen LogP contribution in [0.3, 0.4) is 0 Å². The lowest BCUT2D eigenvalue weighted by Crippen LogP contribution is -2.56. The number of rotatable bonds is 3. The van der Waals surface area contributed by atoms with Gasteiger partial charge >= 0.3 is 24.3 Å². The fourth-order valence-corrected chi connectivity index (χ4v) is 3.67. The van der Waals surface area contributed by atoms with Crippen LogP contribution >= 0.6 is 0 Å². The van der Waals surface area contributed by atoms with Crippen LogP contribution < -0.4 is 4.74 Å². The smallest absolute Gasteiger partial charge is 0.475 e. The molecule has 2 aliphatic heterocycles. The summed E-state index contributed by atoms with van der Waals surface area (Å²) in [5.74, 6) is -4.89. The zero-order valence-electron chi connectivity index (χ0n) is 20.1. The Bertz CT molecular complexity index is 1110. The number of ether oxygens (including phenoxy) is 2. The molecule has 4 heterocycles. The van der Waals surface area contributed by atoms with E-state index in [-0.39, 0.29) is 24.2 Å². The van der Waals surface area contributed by atoms with E-state index in [1.807, 2.05) is 36.1 Å². The third kappa shape index (κ3) is 9.38. The van der Waals surface area contributed by atoms with Crippen LogP contribution in [-0.4, -0.2) is 86.7 Å². The van der Waals surface area contributed by atoms with E-state index in [0.29, 0.717) is 24.6 Å². The molecule has 4 rings (SSSR count).